The average Bonchev–Trinajstić information content (AvgIpc) is 3.06. The average molecular weight is 330 g/mol. The summed E-state index contributed by atoms with van der Waals surface area (Å²) in [7, 11) is -0.763. The van der Waals surface area contributed by atoms with E-state index in [0.29, 0.717) is 0 Å². The summed E-state index contributed by atoms with van der Waals surface area (Å²) in [6.45, 7) is 2.40. The van der Waals surface area contributed by atoms with Crippen molar-refractivity contribution in [1.29, 1.82) is 0 Å². The Kier molecular flexibility index (Phi) is 3.86. The van der Waals surface area contributed by atoms with E-state index in [0.717, 1.165) is 0 Å². The van der Waals surface area contributed by atoms with Gasteiger partial charge in [-0.15, -0.1) is 11.3 Å². The summed E-state index contributed by atoms with van der Waals surface area (Å²) in [6.07, 6.45) is 0. The van der Waals surface area contributed by atoms with Crippen molar-refractivity contribution in [2.75, 3.05) is 0 Å². The Morgan fingerprint density at radius 1 is 0.696 bits per heavy atom. The van der Waals surface area contributed by atoms with Gasteiger partial charge in [-0.3, -0.25) is 0 Å². The van der Waals surface area contributed by atoms with Gasteiger partial charge in [0.1, 0.15) is 8.80 Å². The molecule has 1 heterocycles. The summed E-state index contributed by atoms with van der Waals surface area (Å²) in [4.78, 5) is 0. The topological polar surface area (TPSA) is 0 Å². The lowest BCUT2D eigenvalue weighted by molar-refractivity contribution is 1.70. The van der Waals surface area contributed by atoms with Crippen molar-refractivity contribution in [1.82, 2.24) is 0 Å². The standard InChI is InChI=1S/C21H17SSi/c1-23(16-9-3-2-4-10-16)21-14-8-6-12-18(21)19-15-22-20-13-7-5-11-17(19)20/h2-15H,1H3. The van der Waals surface area contributed by atoms with E-state index >= 15 is 0 Å². The fourth-order valence-electron chi connectivity index (χ4n) is 3.08. The van der Waals surface area contributed by atoms with Gasteiger partial charge in [-0.2, -0.15) is 0 Å². The van der Waals surface area contributed by atoms with Crippen molar-refractivity contribution in [2.24, 2.45) is 0 Å². The van der Waals surface area contributed by atoms with Crippen LogP contribution in [0.5, 0.6) is 0 Å². The van der Waals surface area contributed by atoms with Gasteiger partial charge in [0.25, 0.3) is 0 Å². The first-order valence-corrected chi connectivity index (χ1v) is 10.7. The molecule has 2 heteroatoms. The van der Waals surface area contributed by atoms with Gasteiger partial charge in [-0.1, -0.05) is 84.5 Å². The predicted molar refractivity (Wildman–Crippen MR) is 105 cm³/mol. The smallest absolute Gasteiger partial charge is 0.119 e. The molecule has 0 bridgehead atoms. The zero-order valence-electron chi connectivity index (χ0n) is 13.0. The van der Waals surface area contributed by atoms with Crippen molar-refractivity contribution < 1.29 is 0 Å². The van der Waals surface area contributed by atoms with E-state index in [1.54, 1.807) is 0 Å². The summed E-state index contributed by atoms with van der Waals surface area (Å²) in [5.41, 5.74) is 2.77. The van der Waals surface area contributed by atoms with Crippen LogP contribution in [0.15, 0.2) is 84.2 Å². The Morgan fingerprint density at radius 3 is 2.26 bits per heavy atom. The van der Waals surface area contributed by atoms with Gasteiger partial charge < -0.3 is 0 Å². The van der Waals surface area contributed by atoms with E-state index in [1.165, 1.54) is 31.6 Å². The maximum atomic E-state index is 2.40. The minimum absolute atomic E-state index is 0.763. The van der Waals surface area contributed by atoms with Gasteiger partial charge >= 0.3 is 0 Å². The first-order valence-electron chi connectivity index (χ1n) is 7.79. The van der Waals surface area contributed by atoms with Crippen LogP contribution in [0, 0.1) is 0 Å². The highest BCUT2D eigenvalue weighted by Crippen LogP contribution is 2.33. The molecular formula is C21H17SSi. The van der Waals surface area contributed by atoms with Crippen molar-refractivity contribution >= 4 is 40.6 Å². The summed E-state index contributed by atoms with van der Waals surface area (Å²) < 4.78 is 1.36. The Bertz CT molecular complexity index is 940. The fourth-order valence-corrected chi connectivity index (χ4v) is 6.01. The molecule has 0 unspecified atom stereocenters. The molecule has 0 fully saturated rings. The molecule has 0 N–H and O–H groups in total. The predicted octanol–water partition coefficient (Wildman–Crippen LogP) is 4.81. The Labute approximate surface area is 142 Å². The highest BCUT2D eigenvalue weighted by atomic mass is 32.1. The number of benzene rings is 3. The second-order valence-electron chi connectivity index (χ2n) is 5.68. The first kappa shape index (κ1) is 14.4. The van der Waals surface area contributed by atoms with Crippen LogP contribution in [0.25, 0.3) is 21.2 Å². The van der Waals surface area contributed by atoms with E-state index < -0.39 is 8.80 Å². The molecule has 23 heavy (non-hydrogen) atoms. The molecule has 4 aromatic rings. The molecule has 0 saturated heterocycles. The van der Waals surface area contributed by atoms with Crippen LogP contribution >= 0.6 is 11.3 Å². The SMILES string of the molecule is C[Si](c1ccccc1)c1ccccc1-c1csc2ccccc12. The summed E-state index contributed by atoms with van der Waals surface area (Å²) in [5, 5.41) is 6.63. The molecule has 4 rings (SSSR count). The monoisotopic (exact) mass is 329 g/mol. The van der Waals surface area contributed by atoms with Gasteiger partial charge in [-0.25, -0.2) is 0 Å². The number of rotatable bonds is 3. The molecule has 1 radical (unpaired) electrons. The summed E-state index contributed by atoms with van der Waals surface area (Å²) >= 11 is 1.84. The molecule has 0 aliphatic rings. The molecule has 0 saturated carbocycles. The molecule has 0 aliphatic carbocycles. The van der Waals surface area contributed by atoms with Crippen LogP contribution in [-0.4, -0.2) is 8.80 Å². The zero-order valence-corrected chi connectivity index (χ0v) is 14.8. The van der Waals surface area contributed by atoms with Crippen LogP contribution in [0.4, 0.5) is 0 Å². The van der Waals surface area contributed by atoms with Gasteiger partial charge in [0.2, 0.25) is 0 Å². The van der Waals surface area contributed by atoms with Gasteiger partial charge in [0.15, 0.2) is 0 Å². The highest BCUT2D eigenvalue weighted by Gasteiger charge is 2.17. The van der Waals surface area contributed by atoms with E-state index in [1.807, 2.05) is 11.3 Å². The molecule has 0 atom stereocenters. The third kappa shape index (κ3) is 2.65. The van der Waals surface area contributed by atoms with Crippen molar-refractivity contribution in [3.8, 4) is 11.1 Å². The lowest BCUT2D eigenvalue weighted by atomic mass is 10.0. The van der Waals surface area contributed by atoms with E-state index in [2.05, 4.69) is 90.8 Å². The van der Waals surface area contributed by atoms with Crippen molar-refractivity contribution in [3.63, 3.8) is 0 Å². The Hall–Kier alpha value is -2.16. The number of thiophene rings is 1. The summed E-state index contributed by atoms with van der Waals surface area (Å²) in [5.74, 6) is 0. The summed E-state index contributed by atoms with van der Waals surface area (Å²) in [6, 6.07) is 28.5. The van der Waals surface area contributed by atoms with E-state index in [9.17, 15) is 0 Å². The second kappa shape index (κ2) is 6.15. The van der Waals surface area contributed by atoms with Gasteiger partial charge in [-0.05, 0) is 22.2 Å². The number of fused-ring (bicyclic) bond motifs is 1. The Balaban J connectivity index is 1.88. The molecule has 0 amide bonds. The molecule has 3 aromatic carbocycles. The fraction of sp³-hybridized carbons (Fsp3) is 0.0476. The lowest BCUT2D eigenvalue weighted by Gasteiger charge is -2.15. The van der Waals surface area contributed by atoms with Gasteiger partial charge in [0, 0.05) is 15.6 Å². The number of hydrogen-bond acceptors (Lipinski definition) is 1. The second-order valence-corrected chi connectivity index (χ2v) is 8.96. The van der Waals surface area contributed by atoms with E-state index in [-0.39, 0.29) is 0 Å². The molecule has 1 aromatic heterocycles. The normalized spacial score (nSPS) is 11.2. The zero-order chi connectivity index (χ0) is 15.6. The third-order valence-corrected chi connectivity index (χ3v) is 7.72. The lowest BCUT2D eigenvalue weighted by Crippen LogP contribution is -2.40. The molecular weight excluding hydrogens is 312 g/mol. The van der Waals surface area contributed by atoms with Crippen LogP contribution in [-0.2, 0) is 0 Å². The largest absolute Gasteiger partial charge is 0.143 e. The molecule has 0 aliphatic heterocycles. The maximum Gasteiger partial charge on any atom is 0.119 e. The Morgan fingerprint density at radius 2 is 1.39 bits per heavy atom. The minimum Gasteiger partial charge on any atom is -0.143 e. The van der Waals surface area contributed by atoms with Crippen LogP contribution in [0.2, 0.25) is 6.55 Å². The van der Waals surface area contributed by atoms with Crippen LogP contribution < -0.4 is 10.4 Å². The number of hydrogen-bond donors (Lipinski definition) is 0. The van der Waals surface area contributed by atoms with Crippen molar-refractivity contribution in [3.05, 3.63) is 84.2 Å². The van der Waals surface area contributed by atoms with Gasteiger partial charge in [0.05, 0.1) is 0 Å². The van der Waals surface area contributed by atoms with Crippen molar-refractivity contribution in [2.45, 2.75) is 6.55 Å². The highest BCUT2D eigenvalue weighted by molar-refractivity contribution is 7.17. The van der Waals surface area contributed by atoms with Crippen LogP contribution in [0.3, 0.4) is 0 Å². The molecule has 0 nitrogen and oxygen atoms in total. The maximum absolute atomic E-state index is 2.40. The molecule has 111 valence electrons. The molecule has 0 spiro atoms. The minimum atomic E-state index is -0.763. The third-order valence-electron chi connectivity index (χ3n) is 4.31. The van der Waals surface area contributed by atoms with Crippen LogP contribution in [0.1, 0.15) is 0 Å². The first-order chi connectivity index (χ1) is 11.3. The van der Waals surface area contributed by atoms with E-state index in [4.69, 9.17) is 0 Å². The quantitative estimate of drug-likeness (QED) is 0.473.